The van der Waals surface area contributed by atoms with Gasteiger partial charge in [0.2, 0.25) is 0 Å². The van der Waals surface area contributed by atoms with E-state index in [0.29, 0.717) is 12.5 Å². The second kappa shape index (κ2) is 5.38. The summed E-state index contributed by atoms with van der Waals surface area (Å²) in [6, 6.07) is 0.0819. The SMILES string of the molecule is COC(=O)CN1CC(C2CCCCC2)NC1=O. The average Bonchev–Trinajstić information content (AvgIpc) is 2.72. The Balaban J connectivity index is 1.87. The van der Waals surface area contributed by atoms with E-state index in [1.54, 1.807) is 4.90 Å². The number of urea groups is 1. The van der Waals surface area contributed by atoms with Gasteiger partial charge in [-0.05, 0) is 18.8 Å². The maximum Gasteiger partial charge on any atom is 0.325 e. The van der Waals surface area contributed by atoms with Crippen LogP contribution in [0.3, 0.4) is 0 Å². The third kappa shape index (κ3) is 2.90. The van der Waals surface area contributed by atoms with Crippen LogP contribution in [-0.4, -0.2) is 43.1 Å². The fourth-order valence-electron chi connectivity index (χ4n) is 2.78. The first-order valence-corrected chi connectivity index (χ1v) is 6.33. The second-order valence-electron chi connectivity index (χ2n) is 4.91. The third-order valence-electron chi connectivity index (χ3n) is 3.78. The zero-order valence-corrected chi connectivity index (χ0v) is 10.3. The fraction of sp³-hybridized carbons (Fsp3) is 0.833. The second-order valence-corrected chi connectivity index (χ2v) is 4.91. The number of rotatable bonds is 3. The van der Waals surface area contributed by atoms with Gasteiger partial charge in [0.1, 0.15) is 6.54 Å². The van der Waals surface area contributed by atoms with Crippen molar-refractivity contribution >= 4 is 12.0 Å². The summed E-state index contributed by atoms with van der Waals surface area (Å²) in [5, 5.41) is 2.98. The zero-order chi connectivity index (χ0) is 12.3. The van der Waals surface area contributed by atoms with Crippen molar-refractivity contribution in [3.05, 3.63) is 0 Å². The van der Waals surface area contributed by atoms with E-state index >= 15 is 0 Å². The minimum Gasteiger partial charge on any atom is -0.468 e. The highest BCUT2D eigenvalue weighted by Gasteiger charge is 2.35. The van der Waals surface area contributed by atoms with Crippen molar-refractivity contribution in [1.29, 1.82) is 0 Å². The Morgan fingerprint density at radius 3 is 2.76 bits per heavy atom. The van der Waals surface area contributed by atoms with E-state index in [1.807, 2.05) is 0 Å². The Bertz CT molecular complexity index is 300. The van der Waals surface area contributed by atoms with Gasteiger partial charge in [0, 0.05) is 6.54 Å². The number of methoxy groups -OCH3 is 1. The molecule has 0 aromatic carbocycles. The highest BCUT2D eigenvalue weighted by atomic mass is 16.5. The number of ether oxygens (including phenoxy) is 1. The molecule has 1 aliphatic carbocycles. The summed E-state index contributed by atoms with van der Waals surface area (Å²) >= 11 is 0. The molecule has 2 fully saturated rings. The van der Waals surface area contributed by atoms with Crippen LogP contribution in [0, 0.1) is 5.92 Å². The molecule has 1 atom stereocenters. The number of carbonyl (C=O) groups excluding carboxylic acids is 2. The van der Waals surface area contributed by atoms with E-state index in [0.717, 1.165) is 0 Å². The van der Waals surface area contributed by atoms with Gasteiger partial charge in [-0.1, -0.05) is 19.3 Å². The average molecular weight is 240 g/mol. The van der Waals surface area contributed by atoms with Crippen LogP contribution < -0.4 is 5.32 Å². The van der Waals surface area contributed by atoms with E-state index in [2.05, 4.69) is 10.1 Å². The minimum absolute atomic E-state index is 0.0611. The summed E-state index contributed by atoms with van der Waals surface area (Å²) in [4.78, 5) is 24.4. The smallest absolute Gasteiger partial charge is 0.325 e. The number of hydrogen-bond acceptors (Lipinski definition) is 3. The van der Waals surface area contributed by atoms with Gasteiger partial charge in [0.25, 0.3) is 0 Å². The number of amides is 2. The van der Waals surface area contributed by atoms with Gasteiger partial charge < -0.3 is 15.0 Å². The van der Waals surface area contributed by atoms with Gasteiger partial charge in [-0.2, -0.15) is 0 Å². The standard InChI is InChI=1S/C12H20N2O3/c1-17-11(15)8-14-7-10(13-12(14)16)9-5-3-2-4-6-9/h9-10H,2-8H2,1H3,(H,13,16). The summed E-state index contributed by atoms with van der Waals surface area (Å²) in [6.07, 6.45) is 6.21. The van der Waals surface area contributed by atoms with E-state index in [4.69, 9.17) is 0 Å². The number of hydrogen-bond donors (Lipinski definition) is 1. The van der Waals surface area contributed by atoms with Gasteiger partial charge in [-0.3, -0.25) is 4.79 Å². The van der Waals surface area contributed by atoms with Crippen LogP contribution in [0.1, 0.15) is 32.1 Å². The molecule has 1 aliphatic heterocycles. The predicted octanol–water partition coefficient (Wildman–Crippen LogP) is 1.13. The Labute approximate surface area is 101 Å². The first-order chi connectivity index (χ1) is 8.20. The largest absolute Gasteiger partial charge is 0.468 e. The van der Waals surface area contributed by atoms with Crippen LogP contribution >= 0.6 is 0 Å². The molecule has 1 unspecified atom stereocenters. The van der Waals surface area contributed by atoms with Crippen LogP contribution in [-0.2, 0) is 9.53 Å². The molecule has 2 rings (SSSR count). The molecule has 0 spiro atoms. The van der Waals surface area contributed by atoms with E-state index in [9.17, 15) is 9.59 Å². The summed E-state index contributed by atoms with van der Waals surface area (Å²) in [7, 11) is 1.34. The van der Waals surface area contributed by atoms with Gasteiger partial charge in [0.05, 0.1) is 13.2 Å². The van der Waals surface area contributed by atoms with Gasteiger partial charge in [-0.25, -0.2) is 4.79 Å². The fourth-order valence-corrected chi connectivity index (χ4v) is 2.78. The summed E-state index contributed by atoms with van der Waals surface area (Å²) in [5.74, 6) is 0.222. The van der Waals surface area contributed by atoms with Crippen molar-refractivity contribution in [2.24, 2.45) is 5.92 Å². The molecule has 0 aromatic rings. The molecule has 17 heavy (non-hydrogen) atoms. The molecule has 5 nitrogen and oxygen atoms in total. The number of carbonyl (C=O) groups is 2. The summed E-state index contributed by atoms with van der Waals surface area (Å²) in [5.41, 5.74) is 0. The van der Waals surface area contributed by atoms with E-state index in [-0.39, 0.29) is 24.6 Å². The number of nitrogens with one attached hydrogen (secondary N) is 1. The molecule has 0 bridgehead atoms. The van der Waals surface area contributed by atoms with Crippen molar-refractivity contribution < 1.29 is 14.3 Å². The molecule has 1 heterocycles. The van der Waals surface area contributed by atoms with E-state index < -0.39 is 0 Å². The molecule has 96 valence electrons. The first kappa shape index (κ1) is 12.2. The Hall–Kier alpha value is -1.26. The topological polar surface area (TPSA) is 58.6 Å². The maximum atomic E-state index is 11.7. The van der Waals surface area contributed by atoms with Crippen molar-refractivity contribution in [2.45, 2.75) is 38.1 Å². The van der Waals surface area contributed by atoms with Crippen molar-refractivity contribution in [2.75, 3.05) is 20.2 Å². The highest BCUT2D eigenvalue weighted by Crippen LogP contribution is 2.28. The first-order valence-electron chi connectivity index (χ1n) is 6.33. The molecular formula is C12H20N2O3. The van der Waals surface area contributed by atoms with Gasteiger partial charge >= 0.3 is 12.0 Å². The van der Waals surface area contributed by atoms with Gasteiger partial charge in [0.15, 0.2) is 0 Å². The lowest BCUT2D eigenvalue weighted by atomic mass is 9.84. The quantitative estimate of drug-likeness (QED) is 0.752. The minimum atomic E-state index is -0.357. The Kier molecular flexibility index (Phi) is 3.86. The normalized spacial score (nSPS) is 25.8. The predicted molar refractivity (Wildman–Crippen MR) is 62.5 cm³/mol. The molecule has 2 amide bonds. The van der Waals surface area contributed by atoms with Crippen molar-refractivity contribution in [3.63, 3.8) is 0 Å². The summed E-state index contributed by atoms with van der Waals surface area (Å²) in [6.45, 7) is 0.699. The molecule has 1 saturated carbocycles. The Morgan fingerprint density at radius 2 is 2.12 bits per heavy atom. The molecular weight excluding hydrogens is 220 g/mol. The maximum absolute atomic E-state index is 11.7. The zero-order valence-electron chi connectivity index (χ0n) is 10.3. The van der Waals surface area contributed by atoms with E-state index in [1.165, 1.54) is 39.2 Å². The molecule has 5 heteroatoms. The highest BCUT2D eigenvalue weighted by molar-refractivity contribution is 5.82. The van der Waals surface area contributed by atoms with Crippen LogP contribution in [0.5, 0.6) is 0 Å². The molecule has 0 aromatic heterocycles. The monoisotopic (exact) mass is 240 g/mol. The number of nitrogens with zero attached hydrogens (tertiary/aromatic N) is 1. The molecule has 1 N–H and O–H groups in total. The van der Waals surface area contributed by atoms with Crippen LogP contribution in [0.15, 0.2) is 0 Å². The molecule has 0 radical (unpaired) electrons. The van der Waals surface area contributed by atoms with Crippen molar-refractivity contribution in [3.8, 4) is 0 Å². The lowest BCUT2D eigenvalue weighted by Gasteiger charge is -2.26. The van der Waals surface area contributed by atoms with Crippen LogP contribution in [0.25, 0.3) is 0 Å². The van der Waals surface area contributed by atoms with Gasteiger partial charge in [-0.15, -0.1) is 0 Å². The third-order valence-corrected chi connectivity index (χ3v) is 3.78. The lowest BCUT2D eigenvalue weighted by molar-refractivity contribution is -0.141. The Morgan fingerprint density at radius 1 is 1.41 bits per heavy atom. The van der Waals surface area contributed by atoms with Crippen LogP contribution in [0.4, 0.5) is 4.79 Å². The van der Waals surface area contributed by atoms with Crippen molar-refractivity contribution in [1.82, 2.24) is 10.2 Å². The lowest BCUT2D eigenvalue weighted by Crippen LogP contribution is -2.35. The summed E-state index contributed by atoms with van der Waals surface area (Å²) < 4.78 is 4.58. The molecule has 2 aliphatic rings. The van der Waals surface area contributed by atoms with Crippen LogP contribution in [0.2, 0.25) is 0 Å². The molecule has 1 saturated heterocycles. The number of esters is 1.